The maximum atomic E-state index is 3.66. The van der Waals surface area contributed by atoms with Gasteiger partial charge in [-0.15, -0.1) is 0 Å². The highest BCUT2D eigenvalue weighted by Crippen LogP contribution is 2.35. The van der Waals surface area contributed by atoms with Crippen LogP contribution in [0.3, 0.4) is 0 Å². The van der Waals surface area contributed by atoms with Crippen LogP contribution in [0.25, 0.3) is 0 Å². The van der Waals surface area contributed by atoms with Gasteiger partial charge in [0.15, 0.2) is 0 Å². The SMILES string of the molecule is CCC1(CC)CNC(C)CN1CC1CC1. The summed E-state index contributed by atoms with van der Waals surface area (Å²) in [5, 5.41) is 3.66. The Morgan fingerprint density at radius 2 is 1.93 bits per heavy atom. The number of rotatable bonds is 4. The van der Waals surface area contributed by atoms with Crippen LogP contribution in [0.4, 0.5) is 0 Å². The van der Waals surface area contributed by atoms with E-state index in [0.29, 0.717) is 11.6 Å². The van der Waals surface area contributed by atoms with E-state index < -0.39 is 0 Å². The Bertz CT molecular complexity index is 205. The van der Waals surface area contributed by atoms with Gasteiger partial charge in [0.25, 0.3) is 0 Å². The van der Waals surface area contributed by atoms with E-state index in [4.69, 9.17) is 0 Å². The maximum Gasteiger partial charge on any atom is 0.0329 e. The van der Waals surface area contributed by atoms with Gasteiger partial charge in [0.2, 0.25) is 0 Å². The van der Waals surface area contributed by atoms with Gasteiger partial charge in [-0.1, -0.05) is 13.8 Å². The molecule has 0 aromatic carbocycles. The molecule has 2 heteroatoms. The minimum atomic E-state index is 0.453. The smallest absolute Gasteiger partial charge is 0.0329 e. The molecule has 0 aromatic heterocycles. The van der Waals surface area contributed by atoms with E-state index in [1.807, 2.05) is 0 Å². The van der Waals surface area contributed by atoms with Gasteiger partial charge in [-0.3, -0.25) is 4.90 Å². The van der Waals surface area contributed by atoms with Crippen molar-refractivity contribution in [3.63, 3.8) is 0 Å². The topological polar surface area (TPSA) is 15.3 Å². The summed E-state index contributed by atoms with van der Waals surface area (Å²) < 4.78 is 0. The molecule has 1 unspecified atom stereocenters. The van der Waals surface area contributed by atoms with Gasteiger partial charge in [-0.2, -0.15) is 0 Å². The van der Waals surface area contributed by atoms with Gasteiger partial charge < -0.3 is 5.32 Å². The molecule has 0 bridgehead atoms. The molecule has 1 aliphatic heterocycles. The molecule has 1 saturated carbocycles. The van der Waals surface area contributed by atoms with Gasteiger partial charge >= 0.3 is 0 Å². The standard InChI is InChI=1S/C13H26N2/c1-4-13(5-2)10-14-11(3)8-15(13)9-12-6-7-12/h11-12,14H,4-10H2,1-3H3. The number of hydrogen-bond donors (Lipinski definition) is 1. The van der Waals surface area contributed by atoms with Gasteiger partial charge in [-0.05, 0) is 38.5 Å². The number of piperazine rings is 1. The van der Waals surface area contributed by atoms with E-state index in [2.05, 4.69) is 31.0 Å². The molecule has 0 radical (unpaired) electrons. The van der Waals surface area contributed by atoms with Crippen molar-refractivity contribution < 1.29 is 0 Å². The second kappa shape index (κ2) is 4.42. The minimum absolute atomic E-state index is 0.453. The van der Waals surface area contributed by atoms with Crippen LogP contribution in [0.5, 0.6) is 0 Å². The second-order valence-electron chi connectivity index (χ2n) is 5.56. The molecule has 0 amide bonds. The first-order valence-electron chi connectivity index (χ1n) is 6.68. The molecule has 15 heavy (non-hydrogen) atoms. The molecule has 1 atom stereocenters. The van der Waals surface area contributed by atoms with Crippen LogP contribution >= 0.6 is 0 Å². The first-order chi connectivity index (χ1) is 7.20. The van der Waals surface area contributed by atoms with Crippen molar-refractivity contribution in [2.45, 2.75) is 58.0 Å². The van der Waals surface area contributed by atoms with Crippen molar-refractivity contribution in [2.75, 3.05) is 19.6 Å². The summed E-state index contributed by atoms with van der Waals surface area (Å²) in [6.07, 6.45) is 5.52. The summed E-state index contributed by atoms with van der Waals surface area (Å²) in [5.74, 6) is 1.02. The molecule has 1 saturated heterocycles. The normalized spacial score (nSPS) is 31.8. The highest BCUT2D eigenvalue weighted by atomic mass is 15.3. The molecule has 0 aromatic rings. The summed E-state index contributed by atoms with van der Waals surface area (Å²) in [5.41, 5.74) is 0.453. The number of nitrogens with one attached hydrogen (secondary N) is 1. The average Bonchev–Trinajstić information content (AvgIpc) is 3.03. The van der Waals surface area contributed by atoms with Gasteiger partial charge in [-0.25, -0.2) is 0 Å². The Labute approximate surface area is 94.4 Å². The summed E-state index contributed by atoms with van der Waals surface area (Å²) in [6.45, 7) is 10.8. The van der Waals surface area contributed by atoms with Gasteiger partial charge in [0, 0.05) is 31.2 Å². The van der Waals surface area contributed by atoms with Crippen LogP contribution in [0.2, 0.25) is 0 Å². The lowest BCUT2D eigenvalue weighted by Gasteiger charge is -2.49. The fraction of sp³-hybridized carbons (Fsp3) is 1.00. The third kappa shape index (κ3) is 2.36. The predicted octanol–water partition coefficient (Wildman–Crippen LogP) is 2.25. The molecule has 1 heterocycles. The van der Waals surface area contributed by atoms with E-state index in [0.717, 1.165) is 5.92 Å². The van der Waals surface area contributed by atoms with Crippen molar-refractivity contribution in [1.82, 2.24) is 10.2 Å². The van der Waals surface area contributed by atoms with E-state index in [-0.39, 0.29) is 0 Å². The quantitative estimate of drug-likeness (QED) is 0.765. The Balaban J connectivity index is 2.03. The third-order valence-corrected chi connectivity index (χ3v) is 4.44. The summed E-state index contributed by atoms with van der Waals surface area (Å²) in [4.78, 5) is 2.78. The van der Waals surface area contributed by atoms with Crippen LogP contribution in [0.1, 0.15) is 46.5 Å². The molecular weight excluding hydrogens is 184 g/mol. The average molecular weight is 210 g/mol. The molecule has 0 spiro atoms. The first kappa shape index (κ1) is 11.4. The Hall–Kier alpha value is -0.0800. The Morgan fingerprint density at radius 3 is 2.47 bits per heavy atom. The summed E-state index contributed by atoms with van der Waals surface area (Å²) in [6, 6.07) is 0.676. The summed E-state index contributed by atoms with van der Waals surface area (Å²) in [7, 11) is 0. The van der Waals surface area contributed by atoms with E-state index in [1.165, 1.54) is 45.3 Å². The minimum Gasteiger partial charge on any atom is -0.311 e. The van der Waals surface area contributed by atoms with Crippen LogP contribution in [-0.4, -0.2) is 36.1 Å². The van der Waals surface area contributed by atoms with Gasteiger partial charge in [0.1, 0.15) is 0 Å². The van der Waals surface area contributed by atoms with E-state index in [9.17, 15) is 0 Å². The van der Waals surface area contributed by atoms with Crippen molar-refractivity contribution in [2.24, 2.45) is 5.92 Å². The van der Waals surface area contributed by atoms with Crippen LogP contribution in [-0.2, 0) is 0 Å². The Morgan fingerprint density at radius 1 is 1.27 bits per heavy atom. The van der Waals surface area contributed by atoms with Crippen LogP contribution in [0.15, 0.2) is 0 Å². The largest absolute Gasteiger partial charge is 0.311 e. The van der Waals surface area contributed by atoms with Crippen LogP contribution < -0.4 is 5.32 Å². The molecule has 1 aliphatic carbocycles. The van der Waals surface area contributed by atoms with Gasteiger partial charge in [0.05, 0.1) is 0 Å². The molecule has 2 fully saturated rings. The zero-order chi connectivity index (χ0) is 10.9. The zero-order valence-electron chi connectivity index (χ0n) is 10.6. The van der Waals surface area contributed by atoms with E-state index in [1.54, 1.807) is 0 Å². The lowest BCUT2D eigenvalue weighted by molar-refractivity contribution is 0.0310. The summed E-state index contributed by atoms with van der Waals surface area (Å²) >= 11 is 0. The lowest BCUT2D eigenvalue weighted by Crippen LogP contribution is -2.63. The highest BCUT2D eigenvalue weighted by molar-refractivity contribution is 4.98. The first-order valence-corrected chi connectivity index (χ1v) is 6.68. The second-order valence-corrected chi connectivity index (χ2v) is 5.56. The lowest BCUT2D eigenvalue weighted by atomic mass is 9.87. The van der Waals surface area contributed by atoms with Crippen molar-refractivity contribution in [3.8, 4) is 0 Å². The fourth-order valence-electron chi connectivity index (χ4n) is 2.89. The highest BCUT2D eigenvalue weighted by Gasteiger charge is 2.40. The predicted molar refractivity (Wildman–Crippen MR) is 65.1 cm³/mol. The monoisotopic (exact) mass is 210 g/mol. The molecule has 2 rings (SSSR count). The van der Waals surface area contributed by atoms with Crippen molar-refractivity contribution >= 4 is 0 Å². The van der Waals surface area contributed by atoms with E-state index >= 15 is 0 Å². The molecular formula is C13H26N2. The molecule has 2 nitrogen and oxygen atoms in total. The zero-order valence-corrected chi connectivity index (χ0v) is 10.6. The van der Waals surface area contributed by atoms with Crippen LogP contribution in [0, 0.1) is 5.92 Å². The van der Waals surface area contributed by atoms with Crippen molar-refractivity contribution in [3.05, 3.63) is 0 Å². The molecule has 88 valence electrons. The molecule has 1 N–H and O–H groups in total. The maximum absolute atomic E-state index is 3.66. The molecule has 2 aliphatic rings. The van der Waals surface area contributed by atoms with Crippen molar-refractivity contribution in [1.29, 1.82) is 0 Å². The fourth-order valence-corrected chi connectivity index (χ4v) is 2.89. The third-order valence-electron chi connectivity index (χ3n) is 4.44. The number of hydrogen-bond acceptors (Lipinski definition) is 2. The number of nitrogens with zero attached hydrogens (tertiary/aromatic N) is 1. The Kier molecular flexibility index (Phi) is 3.36.